The molecule has 0 spiro atoms. The third-order valence-electron chi connectivity index (χ3n) is 5.32. The molecule has 2 aromatic rings. The van der Waals surface area contributed by atoms with Gasteiger partial charge in [-0.05, 0) is 18.1 Å². The van der Waals surface area contributed by atoms with Crippen LogP contribution in [0.3, 0.4) is 0 Å². The molecule has 0 radical (unpaired) electrons. The third-order valence-corrected chi connectivity index (χ3v) is 6.23. The molecule has 2 N–H and O–H groups in total. The maximum Gasteiger partial charge on any atom is 0.191 e. The van der Waals surface area contributed by atoms with Crippen LogP contribution in [0.15, 0.2) is 34.6 Å². The van der Waals surface area contributed by atoms with E-state index < -0.39 is 0 Å². The van der Waals surface area contributed by atoms with Crippen molar-refractivity contribution in [1.29, 1.82) is 0 Å². The van der Waals surface area contributed by atoms with Crippen LogP contribution in [0.2, 0.25) is 0 Å². The smallest absolute Gasteiger partial charge is 0.191 e. The lowest BCUT2D eigenvalue weighted by Crippen LogP contribution is -2.38. The van der Waals surface area contributed by atoms with Crippen LogP contribution in [0.5, 0.6) is 0 Å². The van der Waals surface area contributed by atoms with Crippen LogP contribution in [-0.2, 0) is 29.7 Å². The van der Waals surface area contributed by atoms with E-state index >= 15 is 0 Å². The van der Waals surface area contributed by atoms with Crippen molar-refractivity contribution in [2.45, 2.75) is 52.6 Å². The first kappa shape index (κ1) is 23.7. The Bertz CT molecular complexity index is 836. The zero-order valence-electron chi connectivity index (χ0n) is 19.4. The number of ether oxygens (including phenoxy) is 1. The molecular formula is C24H37N5OS. The van der Waals surface area contributed by atoms with Crippen LogP contribution in [0.25, 0.3) is 0 Å². The first-order valence-electron chi connectivity index (χ1n) is 11.3. The lowest BCUT2D eigenvalue weighted by atomic mass is 9.93. The molecule has 2 heterocycles. The fourth-order valence-electron chi connectivity index (χ4n) is 3.43. The molecule has 170 valence electrons. The second kappa shape index (κ2) is 11.6. The number of aromatic nitrogens is 1. The summed E-state index contributed by atoms with van der Waals surface area (Å²) in [6.45, 7) is 15.6. The fraction of sp³-hybridized carbons (Fsp3) is 0.583. The lowest BCUT2D eigenvalue weighted by molar-refractivity contribution is 0.0341. The molecule has 1 aromatic carbocycles. The van der Waals surface area contributed by atoms with Gasteiger partial charge in [0.15, 0.2) is 5.96 Å². The molecule has 0 bridgehead atoms. The lowest BCUT2D eigenvalue weighted by Gasteiger charge is -2.27. The first-order chi connectivity index (χ1) is 15.0. The summed E-state index contributed by atoms with van der Waals surface area (Å²) in [6, 6.07) is 8.62. The highest BCUT2D eigenvalue weighted by molar-refractivity contribution is 7.09. The number of morpholine rings is 1. The van der Waals surface area contributed by atoms with E-state index in [-0.39, 0.29) is 5.41 Å². The Balaban J connectivity index is 1.56. The highest BCUT2D eigenvalue weighted by Gasteiger charge is 2.17. The molecule has 0 saturated carbocycles. The molecule has 0 aliphatic carbocycles. The Morgan fingerprint density at radius 3 is 2.58 bits per heavy atom. The van der Waals surface area contributed by atoms with Crippen molar-refractivity contribution in [1.82, 2.24) is 20.5 Å². The number of guanidine groups is 1. The Kier molecular flexibility index (Phi) is 8.87. The minimum Gasteiger partial charge on any atom is -0.379 e. The van der Waals surface area contributed by atoms with Crippen molar-refractivity contribution in [2.24, 2.45) is 4.99 Å². The van der Waals surface area contributed by atoms with Crippen molar-refractivity contribution in [3.63, 3.8) is 0 Å². The minimum atomic E-state index is 0.104. The molecule has 1 saturated heterocycles. The van der Waals surface area contributed by atoms with Gasteiger partial charge < -0.3 is 15.4 Å². The average Bonchev–Trinajstić information content (AvgIpc) is 3.23. The molecule has 1 fully saturated rings. The number of rotatable bonds is 8. The molecule has 7 heteroatoms. The highest BCUT2D eigenvalue weighted by atomic mass is 32.1. The molecular weight excluding hydrogens is 406 g/mol. The van der Waals surface area contributed by atoms with Gasteiger partial charge in [0, 0.05) is 49.9 Å². The molecule has 1 aliphatic rings. The van der Waals surface area contributed by atoms with Gasteiger partial charge in [-0.3, -0.25) is 4.90 Å². The van der Waals surface area contributed by atoms with Crippen LogP contribution < -0.4 is 10.6 Å². The highest BCUT2D eigenvalue weighted by Crippen LogP contribution is 2.23. The standard InChI is InChI=1S/C24H37N5OS/c1-5-25-23(26-11-10-22-28-21(18-31-22)24(2,3)4)27-16-19-8-6-7-9-20(19)17-29-12-14-30-15-13-29/h6-9,18H,5,10-17H2,1-4H3,(H2,25,26,27). The van der Waals surface area contributed by atoms with Gasteiger partial charge in [0.05, 0.1) is 30.5 Å². The van der Waals surface area contributed by atoms with Crippen molar-refractivity contribution >= 4 is 17.3 Å². The molecule has 6 nitrogen and oxygen atoms in total. The largest absolute Gasteiger partial charge is 0.379 e. The second-order valence-corrected chi connectivity index (χ2v) is 9.85. The number of thiazole rings is 1. The fourth-order valence-corrected chi connectivity index (χ4v) is 4.46. The van der Waals surface area contributed by atoms with E-state index in [1.807, 2.05) is 0 Å². The van der Waals surface area contributed by atoms with Crippen molar-refractivity contribution in [2.75, 3.05) is 39.4 Å². The molecule has 1 aliphatic heterocycles. The molecule has 0 atom stereocenters. The SMILES string of the molecule is CCNC(=NCc1ccccc1CN1CCOCC1)NCCc1nc(C(C)(C)C)cs1. The van der Waals surface area contributed by atoms with Crippen LogP contribution in [0, 0.1) is 0 Å². The Morgan fingerprint density at radius 2 is 1.90 bits per heavy atom. The summed E-state index contributed by atoms with van der Waals surface area (Å²) in [4.78, 5) is 12.1. The summed E-state index contributed by atoms with van der Waals surface area (Å²) in [7, 11) is 0. The molecule has 3 rings (SSSR count). The second-order valence-electron chi connectivity index (χ2n) is 8.91. The summed E-state index contributed by atoms with van der Waals surface area (Å²) in [5.41, 5.74) is 3.90. The summed E-state index contributed by atoms with van der Waals surface area (Å²) in [5.74, 6) is 0.858. The minimum absolute atomic E-state index is 0.104. The topological polar surface area (TPSA) is 61.8 Å². The van der Waals surface area contributed by atoms with E-state index in [1.165, 1.54) is 21.8 Å². The van der Waals surface area contributed by atoms with Crippen LogP contribution >= 0.6 is 11.3 Å². The molecule has 0 unspecified atom stereocenters. The zero-order chi connectivity index (χ0) is 22.1. The maximum absolute atomic E-state index is 5.48. The van der Waals surface area contributed by atoms with Gasteiger partial charge in [-0.15, -0.1) is 11.3 Å². The number of benzene rings is 1. The Morgan fingerprint density at radius 1 is 1.16 bits per heavy atom. The summed E-state index contributed by atoms with van der Waals surface area (Å²) >= 11 is 1.75. The monoisotopic (exact) mass is 443 g/mol. The van der Waals surface area contributed by atoms with Gasteiger partial charge in [-0.1, -0.05) is 45.0 Å². The van der Waals surface area contributed by atoms with Crippen molar-refractivity contribution in [3.05, 3.63) is 51.5 Å². The number of nitrogens with zero attached hydrogens (tertiary/aromatic N) is 3. The predicted octanol–water partition coefficient (Wildman–Crippen LogP) is 3.57. The van der Waals surface area contributed by atoms with E-state index in [4.69, 9.17) is 14.7 Å². The van der Waals surface area contributed by atoms with Gasteiger partial charge in [-0.2, -0.15) is 0 Å². The quantitative estimate of drug-likeness (QED) is 0.482. The van der Waals surface area contributed by atoms with E-state index in [1.54, 1.807) is 11.3 Å². The molecule has 31 heavy (non-hydrogen) atoms. The van der Waals surface area contributed by atoms with E-state index in [0.717, 1.165) is 58.3 Å². The van der Waals surface area contributed by atoms with Crippen molar-refractivity contribution in [3.8, 4) is 0 Å². The Hall–Kier alpha value is -1.96. The average molecular weight is 444 g/mol. The number of hydrogen-bond donors (Lipinski definition) is 2. The summed E-state index contributed by atoms with van der Waals surface area (Å²) in [5, 5.41) is 10.2. The molecule has 1 aromatic heterocycles. The number of nitrogens with one attached hydrogen (secondary N) is 2. The first-order valence-corrected chi connectivity index (χ1v) is 12.2. The molecule has 0 amide bonds. The van der Waals surface area contributed by atoms with Gasteiger partial charge in [0.1, 0.15) is 0 Å². The van der Waals surface area contributed by atoms with E-state index in [9.17, 15) is 0 Å². The van der Waals surface area contributed by atoms with E-state index in [0.29, 0.717) is 6.54 Å². The zero-order valence-corrected chi connectivity index (χ0v) is 20.2. The third kappa shape index (κ3) is 7.59. The summed E-state index contributed by atoms with van der Waals surface area (Å²) < 4.78 is 5.48. The van der Waals surface area contributed by atoms with Gasteiger partial charge in [-0.25, -0.2) is 9.98 Å². The summed E-state index contributed by atoms with van der Waals surface area (Å²) in [6.07, 6.45) is 0.902. The normalized spacial score (nSPS) is 15.8. The van der Waals surface area contributed by atoms with Crippen LogP contribution in [0.4, 0.5) is 0 Å². The van der Waals surface area contributed by atoms with Gasteiger partial charge in [0.2, 0.25) is 0 Å². The Labute approximate surface area is 191 Å². The van der Waals surface area contributed by atoms with E-state index in [2.05, 4.69) is 72.9 Å². The van der Waals surface area contributed by atoms with Gasteiger partial charge >= 0.3 is 0 Å². The predicted molar refractivity (Wildman–Crippen MR) is 130 cm³/mol. The van der Waals surface area contributed by atoms with Crippen LogP contribution in [0.1, 0.15) is 49.5 Å². The van der Waals surface area contributed by atoms with Crippen LogP contribution in [-0.4, -0.2) is 55.2 Å². The van der Waals surface area contributed by atoms with Crippen molar-refractivity contribution < 1.29 is 4.74 Å². The maximum atomic E-state index is 5.48. The van der Waals surface area contributed by atoms with Gasteiger partial charge in [0.25, 0.3) is 0 Å². The number of aliphatic imine (C=N–C) groups is 1. The number of hydrogen-bond acceptors (Lipinski definition) is 5.